The molecule has 0 radical (unpaired) electrons. The number of piperidine rings is 1. The largest absolute Gasteiger partial charge is 0.368 e. The van der Waals surface area contributed by atoms with Gasteiger partial charge in [0.1, 0.15) is 6.07 Å². The number of amides is 1. The maximum atomic E-state index is 12.8. The molecule has 2 saturated heterocycles. The van der Waals surface area contributed by atoms with Crippen LogP contribution in [0.2, 0.25) is 0 Å². The van der Waals surface area contributed by atoms with E-state index in [9.17, 15) is 10.1 Å². The van der Waals surface area contributed by atoms with Crippen molar-refractivity contribution in [3.63, 3.8) is 0 Å². The van der Waals surface area contributed by atoms with Crippen LogP contribution < -0.4 is 4.90 Å². The van der Waals surface area contributed by atoms with Gasteiger partial charge in [0.2, 0.25) is 5.91 Å². The van der Waals surface area contributed by atoms with Crippen LogP contribution in [-0.4, -0.2) is 67.0 Å². The van der Waals surface area contributed by atoms with Crippen LogP contribution in [0.3, 0.4) is 0 Å². The molecule has 0 saturated carbocycles. The molecular weight excluding hydrogens is 290 g/mol. The average Bonchev–Trinajstić information content (AvgIpc) is 2.62. The molecule has 1 aromatic heterocycles. The number of anilines is 1. The summed E-state index contributed by atoms with van der Waals surface area (Å²) in [7, 11) is 2.09. The summed E-state index contributed by atoms with van der Waals surface area (Å²) in [6.45, 7) is 5.11. The van der Waals surface area contributed by atoms with E-state index in [0.717, 1.165) is 51.3 Å². The van der Waals surface area contributed by atoms with E-state index in [-0.39, 0.29) is 11.8 Å². The van der Waals surface area contributed by atoms with Gasteiger partial charge in [-0.25, -0.2) is 4.98 Å². The molecule has 3 heterocycles. The summed E-state index contributed by atoms with van der Waals surface area (Å²) in [5.41, 5.74) is 1.30. The van der Waals surface area contributed by atoms with E-state index in [1.165, 1.54) is 0 Å². The lowest BCUT2D eigenvalue weighted by molar-refractivity contribution is -0.137. The molecule has 0 bridgehead atoms. The standard InChI is InChI=1S/C17H23N5O/c1-20-8-10-21(11-9-20)17(23)14-4-3-7-22(13-14)16-5-2-6-19-15(16)12-18/h2,5-6,14H,3-4,7-11,13H2,1H3. The fourth-order valence-corrected chi connectivity index (χ4v) is 3.42. The average molecular weight is 313 g/mol. The molecule has 0 aromatic carbocycles. The molecule has 0 N–H and O–H groups in total. The minimum atomic E-state index is 0.0268. The van der Waals surface area contributed by atoms with E-state index in [0.29, 0.717) is 12.2 Å². The second-order valence-electron chi connectivity index (χ2n) is 6.40. The molecule has 23 heavy (non-hydrogen) atoms. The first-order valence-corrected chi connectivity index (χ1v) is 8.26. The zero-order valence-corrected chi connectivity index (χ0v) is 13.6. The van der Waals surface area contributed by atoms with Crippen LogP contribution in [0.15, 0.2) is 18.3 Å². The SMILES string of the molecule is CN1CCN(C(=O)C2CCCN(c3cccnc3C#N)C2)CC1. The van der Waals surface area contributed by atoms with Crippen molar-refractivity contribution in [3.8, 4) is 6.07 Å². The first-order valence-electron chi connectivity index (χ1n) is 8.26. The smallest absolute Gasteiger partial charge is 0.227 e. The zero-order valence-electron chi connectivity index (χ0n) is 13.6. The van der Waals surface area contributed by atoms with Crippen molar-refractivity contribution in [1.82, 2.24) is 14.8 Å². The summed E-state index contributed by atoms with van der Waals surface area (Å²) in [6, 6.07) is 5.93. The van der Waals surface area contributed by atoms with Crippen molar-refractivity contribution >= 4 is 11.6 Å². The van der Waals surface area contributed by atoms with E-state index >= 15 is 0 Å². The molecule has 6 heteroatoms. The number of piperazine rings is 1. The van der Waals surface area contributed by atoms with E-state index in [2.05, 4.69) is 27.9 Å². The summed E-state index contributed by atoms with van der Waals surface area (Å²) in [5, 5.41) is 9.23. The number of carbonyl (C=O) groups is 1. The van der Waals surface area contributed by atoms with Gasteiger partial charge in [-0.1, -0.05) is 0 Å². The third kappa shape index (κ3) is 3.45. The summed E-state index contributed by atoms with van der Waals surface area (Å²) < 4.78 is 0. The number of likely N-dealkylation sites (N-methyl/N-ethyl adjacent to an activating group) is 1. The fourth-order valence-electron chi connectivity index (χ4n) is 3.42. The lowest BCUT2D eigenvalue weighted by atomic mass is 9.95. The molecule has 2 fully saturated rings. The molecule has 6 nitrogen and oxygen atoms in total. The maximum Gasteiger partial charge on any atom is 0.227 e. The van der Waals surface area contributed by atoms with Gasteiger partial charge in [-0.2, -0.15) is 5.26 Å². The number of hydrogen-bond donors (Lipinski definition) is 0. The first kappa shape index (κ1) is 15.8. The van der Waals surface area contributed by atoms with Crippen molar-refractivity contribution in [2.75, 3.05) is 51.2 Å². The van der Waals surface area contributed by atoms with E-state index in [4.69, 9.17) is 0 Å². The number of nitriles is 1. The molecule has 0 aliphatic carbocycles. The van der Waals surface area contributed by atoms with Crippen LogP contribution >= 0.6 is 0 Å². The van der Waals surface area contributed by atoms with Crippen LogP contribution in [0.5, 0.6) is 0 Å². The quantitative estimate of drug-likeness (QED) is 0.813. The van der Waals surface area contributed by atoms with Crippen LogP contribution in [0.25, 0.3) is 0 Å². The minimum absolute atomic E-state index is 0.0268. The number of hydrogen-bond acceptors (Lipinski definition) is 5. The molecule has 1 atom stereocenters. The molecule has 1 unspecified atom stereocenters. The Hall–Kier alpha value is -2.13. The van der Waals surface area contributed by atoms with Gasteiger partial charge in [-0.05, 0) is 32.0 Å². The van der Waals surface area contributed by atoms with Gasteiger partial charge in [0.25, 0.3) is 0 Å². The number of rotatable bonds is 2. The summed E-state index contributed by atoms with van der Waals surface area (Å²) >= 11 is 0. The second-order valence-corrected chi connectivity index (χ2v) is 6.40. The second kappa shape index (κ2) is 6.97. The summed E-state index contributed by atoms with van der Waals surface area (Å²) in [4.78, 5) is 23.3. The van der Waals surface area contributed by atoms with Gasteiger partial charge in [0.15, 0.2) is 5.69 Å². The van der Waals surface area contributed by atoms with Gasteiger partial charge in [-0.15, -0.1) is 0 Å². The monoisotopic (exact) mass is 313 g/mol. The fraction of sp³-hybridized carbons (Fsp3) is 0.588. The highest BCUT2D eigenvalue weighted by Gasteiger charge is 2.31. The maximum absolute atomic E-state index is 12.8. The first-order chi connectivity index (χ1) is 11.2. The molecule has 2 aliphatic rings. The molecular formula is C17H23N5O. The Morgan fingerprint density at radius 1 is 1.30 bits per heavy atom. The van der Waals surface area contributed by atoms with Crippen LogP contribution in [-0.2, 0) is 4.79 Å². The Balaban J connectivity index is 1.68. The predicted molar refractivity (Wildman–Crippen MR) is 88.0 cm³/mol. The Kier molecular flexibility index (Phi) is 4.77. The molecule has 122 valence electrons. The summed E-state index contributed by atoms with van der Waals surface area (Å²) in [6.07, 6.45) is 3.55. The Labute approximate surface area is 137 Å². The Morgan fingerprint density at radius 3 is 2.83 bits per heavy atom. The normalized spacial score (nSPS) is 22.7. The highest BCUT2D eigenvalue weighted by molar-refractivity contribution is 5.80. The number of carbonyl (C=O) groups excluding carboxylic acids is 1. The number of nitrogens with zero attached hydrogens (tertiary/aromatic N) is 5. The van der Waals surface area contributed by atoms with E-state index in [1.807, 2.05) is 17.0 Å². The van der Waals surface area contributed by atoms with Gasteiger partial charge in [-0.3, -0.25) is 4.79 Å². The Bertz CT molecular complexity index is 603. The highest BCUT2D eigenvalue weighted by Crippen LogP contribution is 2.26. The zero-order chi connectivity index (χ0) is 16.2. The van der Waals surface area contributed by atoms with E-state index < -0.39 is 0 Å². The van der Waals surface area contributed by atoms with Crippen molar-refractivity contribution < 1.29 is 4.79 Å². The number of pyridine rings is 1. The molecule has 3 rings (SSSR count). The predicted octanol–water partition coefficient (Wildman–Crippen LogP) is 0.944. The van der Waals surface area contributed by atoms with Crippen LogP contribution in [0, 0.1) is 17.2 Å². The van der Waals surface area contributed by atoms with Crippen molar-refractivity contribution in [2.45, 2.75) is 12.8 Å². The van der Waals surface area contributed by atoms with E-state index in [1.54, 1.807) is 6.20 Å². The van der Waals surface area contributed by atoms with Crippen LogP contribution in [0.1, 0.15) is 18.5 Å². The lowest BCUT2D eigenvalue weighted by Crippen LogP contribution is -2.51. The highest BCUT2D eigenvalue weighted by atomic mass is 16.2. The molecule has 0 spiro atoms. The van der Waals surface area contributed by atoms with Crippen molar-refractivity contribution in [3.05, 3.63) is 24.0 Å². The van der Waals surface area contributed by atoms with Gasteiger partial charge in [0.05, 0.1) is 11.6 Å². The molecule has 1 aromatic rings. The topological polar surface area (TPSA) is 63.5 Å². The van der Waals surface area contributed by atoms with Crippen molar-refractivity contribution in [2.24, 2.45) is 5.92 Å². The molecule has 2 aliphatic heterocycles. The minimum Gasteiger partial charge on any atom is -0.368 e. The van der Waals surface area contributed by atoms with Gasteiger partial charge in [0, 0.05) is 45.5 Å². The summed E-state index contributed by atoms with van der Waals surface area (Å²) in [5.74, 6) is 0.295. The Morgan fingerprint density at radius 2 is 2.09 bits per heavy atom. The van der Waals surface area contributed by atoms with Crippen molar-refractivity contribution in [1.29, 1.82) is 5.26 Å². The third-order valence-electron chi connectivity index (χ3n) is 4.82. The van der Waals surface area contributed by atoms with Crippen LogP contribution in [0.4, 0.5) is 5.69 Å². The van der Waals surface area contributed by atoms with Gasteiger partial charge >= 0.3 is 0 Å². The number of aromatic nitrogens is 1. The van der Waals surface area contributed by atoms with Gasteiger partial charge < -0.3 is 14.7 Å². The molecule has 1 amide bonds. The third-order valence-corrected chi connectivity index (χ3v) is 4.82. The lowest BCUT2D eigenvalue weighted by Gasteiger charge is -2.38.